The molecule has 10 aliphatic rings. The van der Waals surface area contributed by atoms with Crippen molar-refractivity contribution in [3.63, 3.8) is 0 Å². The maximum atomic E-state index is 14.1. The first kappa shape index (κ1) is 92.4. The van der Waals surface area contributed by atoms with E-state index in [-0.39, 0.29) is 43.8 Å². The van der Waals surface area contributed by atoms with Crippen molar-refractivity contribution in [2.24, 2.45) is 22.7 Å². The zero-order chi connectivity index (χ0) is 92.2. The molecule has 0 bridgehead atoms. The SMILES string of the molecule is O=C(NS(=O)(=O)c1ccc(CCC2CCN(C3CCOCC3)CC2)c([N+](=O)[O-])c1)c1ccc(N2CCN(CC3=C(c4ccc(Cl)cc4)CC4(CCC4)CC3)CC2)cc1Oc1cnc2[nH]ccc2c1.O=C(NS(=O)(=O)c1ccc(CCC2CCN(C3COC3)CC2)c([N+](=O)[O-])c1)c1ccc(N2CCN(CC3=C(c4ccc(Cl)cc4)CC4(CCC4)CC3)CC2)cc1Oc1cnc2[nH]ccc2c1. The van der Waals surface area contributed by atoms with Crippen LogP contribution < -0.4 is 28.7 Å². The number of likely N-dealkylation sites (tertiary alicyclic amines) is 2. The summed E-state index contributed by atoms with van der Waals surface area (Å²) in [6, 6.07) is 43.1. The molecular formula is C102H116Cl2N14O14S2. The Bertz CT molecular complexity index is 6300. The number of hydrogen-bond donors (Lipinski definition) is 4. The number of H-pyrrole nitrogens is 2. The Balaban J connectivity index is 0.000000172. The van der Waals surface area contributed by atoms with E-state index in [0.29, 0.717) is 81.5 Å². The summed E-state index contributed by atoms with van der Waals surface area (Å²) in [5.74, 6) is 0.0451. The van der Waals surface area contributed by atoms with Crippen LogP contribution >= 0.6 is 23.2 Å². The number of halogens is 2. The predicted octanol–water partition coefficient (Wildman–Crippen LogP) is 18.8. The number of nitrogens with one attached hydrogen (secondary N) is 4. The maximum absolute atomic E-state index is 14.1. The standard InChI is InChI=1S/C52H60ClN7O7S.C50H56ClN7O7S/c53-41-7-4-37(5-8-41)47-33-52(18-1-19-52)20-12-40(47)35-57-24-26-59(27-25-57)43-9-11-46(49(31-43)67-44-30-39-13-21-54-50(39)55-34-44)51(61)56-68(64,65)45-10-6-38(48(32-45)60(62)63)3-2-36-14-22-58(23-15-36)42-16-28-66-29-17-42;51-39-7-4-35(5-8-39)45-29-50(16-1-17-50)18-12-38(45)31-55-22-24-57(25-23-55)40-9-11-44(47(27-40)65-42-26-37-13-19-52-48(37)53-30-42)49(59)54-66(62,63)43-10-6-36(46(28-43)58(60)61)3-2-34-14-20-56(21-15-34)41-32-64-33-41/h4-11,13,21,30-32,34,36,42H,1-3,12,14-20,22-29,33,35H2,(H,54,55)(H,56,61);4-11,13,19,26-28,30,34,41H,1-3,12,14-18,20-25,29,31-33H2,(H,52,53)(H,54,59). The number of nitrogens with zero attached hydrogens (tertiary/aromatic N) is 10. The number of aromatic amines is 2. The Morgan fingerprint density at radius 1 is 0.485 bits per heavy atom. The van der Waals surface area contributed by atoms with Crippen LogP contribution in [0.15, 0.2) is 191 Å². The second-order valence-electron chi connectivity index (χ2n) is 38.5. The van der Waals surface area contributed by atoms with Crippen molar-refractivity contribution in [3.05, 3.63) is 245 Å². The number of nitro groups is 2. The third-order valence-electron chi connectivity index (χ3n) is 30.4. The molecule has 2 spiro atoms. The Hall–Kier alpha value is -10.6. The molecule has 8 fully saturated rings. The Morgan fingerprint density at radius 2 is 0.903 bits per heavy atom. The number of aryl methyl sites for hydroxylation is 2. The predicted molar refractivity (Wildman–Crippen MR) is 519 cm³/mol. The zero-order valence-electron chi connectivity index (χ0n) is 75.5. The van der Waals surface area contributed by atoms with Gasteiger partial charge in [-0.05, 0) is 284 Å². The summed E-state index contributed by atoms with van der Waals surface area (Å²) in [5.41, 5.74) is 12.8. The van der Waals surface area contributed by atoms with Gasteiger partial charge in [0.2, 0.25) is 0 Å². The second kappa shape index (κ2) is 40.3. The van der Waals surface area contributed by atoms with Gasteiger partial charge in [0, 0.05) is 165 Å². The van der Waals surface area contributed by atoms with Gasteiger partial charge >= 0.3 is 0 Å². The molecule has 2 saturated carbocycles. The molecule has 6 saturated heterocycles. The van der Waals surface area contributed by atoms with Gasteiger partial charge in [-0.25, -0.2) is 36.2 Å². The fraction of sp³-hybridized carbons (Fsp3) is 0.451. The molecule has 704 valence electrons. The molecule has 0 atom stereocenters. The smallest absolute Gasteiger partial charge is 0.273 e. The molecule has 10 aromatic rings. The van der Waals surface area contributed by atoms with Crippen LogP contribution in [-0.4, -0.2) is 208 Å². The summed E-state index contributed by atoms with van der Waals surface area (Å²) < 4.78 is 83.3. The molecule has 6 aliphatic heterocycles. The normalized spacial score (nSPS) is 19.8. The first-order valence-electron chi connectivity index (χ1n) is 47.7. The van der Waals surface area contributed by atoms with E-state index in [9.17, 15) is 46.7 Å². The van der Waals surface area contributed by atoms with Gasteiger partial charge in [-0.1, -0.05) is 83.6 Å². The highest BCUT2D eigenvalue weighted by Crippen LogP contribution is 2.57. The second-order valence-corrected chi connectivity index (χ2v) is 42.8. The van der Waals surface area contributed by atoms with E-state index in [2.05, 4.69) is 83.0 Å². The minimum atomic E-state index is -4.54. The molecule has 4 N–H and O–H groups in total. The molecule has 6 aromatic carbocycles. The quantitative estimate of drug-likeness (QED) is 0.0261. The van der Waals surface area contributed by atoms with E-state index in [1.807, 2.05) is 48.5 Å². The van der Waals surface area contributed by atoms with Gasteiger partial charge in [0.1, 0.15) is 34.3 Å². The molecule has 10 heterocycles. The van der Waals surface area contributed by atoms with E-state index >= 15 is 0 Å². The average molecular weight is 1900 g/mol. The lowest BCUT2D eigenvalue weighted by Gasteiger charge is -2.47. The fourth-order valence-electron chi connectivity index (χ4n) is 21.9. The molecule has 32 heteroatoms. The lowest BCUT2D eigenvalue weighted by atomic mass is 9.59. The Kier molecular flexibility index (Phi) is 27.8. The highest BCUT2D eigenvalue weighted by atomic mass is 35.5. The summed E-state index contributed by atoms with van der Waals surface area (Å²) in [6.07, 6.45) is 30.1. The van der Waals surface area contributed by atoms with Crippen molar-refractivity contribution >= 4 is 111 Å². The number of carbonyl (C=O) groups is 2. The monoisotopic (exact) mass is 1890 g/mol. The van der Waals surface area contributed by atoms with Crippen LogP contribution in [0.1, 0.15) is 171 Å². The minimum Gasteiger partial charge on any atom is -0.455 e. The molecule has 0 radical (unpaired) electrons. The van der Waals surface area contributed by atoms with Crippen molar-refractivity contribution in [1.29, 1.82) is 0 Å². The van der Waals surface area contributed by atoms with Crippen molar-refractivity contribution < 1.29 is 55.2 Å². The highest BCUT2D eigenvalue weighted by Gasteiger charge is 2.44. The Morgan fingerprint density at radius 3 is 1.29 bits per heavy atom. The molecule has 20 rings (SSSR count). The number of rotatable bonds is 28. The number of aromatic nitrogens is 4. The van der Waals surface area contributed by atoms with Crippen LogP contribution in [0.5, 0.6) is 23.0 Å². The Labute approximate surface area is 791 Å². The maximum Gasteiger partial charge on any atom is 0.273 e. The van der Waals surface area contributed by atoms with Gasteiger partial charge in [0.25, 0.3) is 43.2 Å². The number of ether oxygens (including phenoxy) is 4. The van der Waals surface area contributed by atoms with E-state index in [1.54, 1.807) is 61.2 Å². The lowest BCUT2D eigenvalue weighted by Crippen LogP contribution is -2.51. The number of amides is 2. The number of benzene rings is 6. The molecule has 134 heavy (non-hydrogen) atoms. The fourth-order valence-corrected chi connectivity index (χ4v) is 24.1. The van der Waals surface area contributed by atoms with Gasteiger partial charge in [0.05, 0.1) is 62.4 Å². The lowest BCUT2D eigenvalue weighted by molar-refractivity contribution is -0.385. The van der Waals surface area contributed by atoms with Crippen LogP contribution in [0.25, 0.3) is 33.2 Å². The molecule has 4 aliphatic carbocycles. The molecule has 0 unspecified atom stereocenters. The number of nitro benzene ring substituents is 2. The molecule has 2 amide bonds. The van der Waals surface area contributed by atoms with Crippen LogP contribution in [-0.2, 0) is 42.4 Å². The zero-order valence-corrected chi connectivity index (χ0v) is 78.7. The summed E-state index contributed by atoms with van der Waals surface area (Å²) >= 11 is 12.6. The number of sulfonamides is 2. The molecule has 4 aromatic heterocycles. The summed E-state index contributed by atoms with van der Waals surface area (Å²) in [7, 11) is -9.07. The van der Waals surface area contributed by atoms with E-state index < -0.39 is 41.7 Å². The number of anilines is 2. The summed E-state index contributed by atoms with van der Waals surface area (Å²) in [6.45, 7) is 15.3. The molecular weight excluding hydrogens is 1780 g/mol. The van der Waals surface area contributed by atoms with Gasteiger partial charge < -0.3 is 43.6 Å². The van der Waals surface area contributed by atoms with Gasteiger partial charge in [-0.3, -0.25) is 44.5 Å². The molecule has 28 nitrogen and oxygen atoms in total. The van der Waals surface area contributed by atoms with Crippen molar-refractivity contribution in [2.75, 3.05) is 128 Å². The van der Waals surface area contributed by atoms with Crippen molar-refractivity contribution in [2.45, 2.75) is 163 Å². The number of piperazine rings is 2. The number of hydrogen-bond acceptors (Lipinski definition) is 22. The van der Waals surface area contributed by atoms with Crippen LogP contribution in [0, 0.1) is 42.9 Å². The third kappa shape index (κ3) is 21.3. The number of pyridine rings is 2. The first-order valence-corrected chi connectivity index (χ1v) is 51.4. The van der Waals surface area contributed by atoms with Crippen molar-refractivity contribution in [3.8, 4) is 23.0 Å². The van der Waals surface area contributed by atoms with Gasteiger partial charge in [-0.2, -0.15) is 0 Å². The van der Waals surface area contributed by atoms with Gasteiger partial charge in [-0.15, -0.1) is 0 Å². The summed E-state index contributed by atoms with van der Waals surface area (Å²) in [4.78, 5) is 80.5. The van der Waals surface area contributed by atoms with Crippen molar-refractivity contribution in [1.82, 2.24) is 49.0 Å². The van der Waals surface area contributed by atoms with E-state index in [1.165, 1.54) is 109 Å². The van der Waals surface area contributed by atoms with E-state index in [4.69, 9.17) is 42.1 Å². The number of fused-ring (bicyclic) bond motifs is 2. The third-order valence-corrected chi connectivity index (χ3v) is 33.5. The van der Waals surface area contributed by atoms with Crippen LogP contribution in [0.2, 0.25) is 10.0 Å². The number of allylic oxidation sites excluding steroid dienone is 2. The highest BCUT2D eigenvalue weighted by molar-refractivity contribution is 7.90. The number of piperidine rings is 2. The number of carbonyl (C=O) groups excluding carboxylic acids is 2. The largest absolute Gasteiger partial charge is 0.455 e. The van der Waals surface area contributed by atoms with E-state index in [0.717, 1.165) is 239 Å². The van der Waals surface area contributed by atoms with Crippen LogP contribution in [0.3, 0.4) is 0 Å². The minimum absolute atomic E-state index is 0.0117. The summed E-state index contributed by atoms with van der Waals surface area (Å²) in [5, 5.41) is 27.7. The topological polar surface area (TPSA) is 326 Å². The first-order chi connectivity index (χ1) is 64.9. The van der Waals surface area contributed by atoms with Gasteiger partial charge in [0.15, 0.2) is 0 Å². The van der Waals surface area contributed by atoms with Crippen LogP contribution in [0.4, 0.5) is 22.7 Å². The average Bonchev–Trinajstić information content (AvgIpc) is 0.857.